The largest absolute Gasteiger partial charge is 0.493 e. The summed E-state index contributed by atoms with van der Waals surface area (Å²) in [5.74, 6) is -0.252. The second-order valence-corrected chi connectivity index (χ2v) is 6.09. The van der Waals surface area contributed by atoms with Gasteiger partial charge in [0.25, 0.3) is 0 Å². The molecule has 5 heteroatoms. The topological polar surface area (TPSA) is 75.6 Å². The highest BCUT2D eigenvalue weighted by molar-refractivity contribution is 5.83. The van der Waals surface area contributed by atoms with Gasteiger partial charge in [-0.2, -0.15) is 0 Å². The summed E-state index contributed by atoms with van der Waals surface area (Å²) in [5, 5.41) is 11.7. The third kappa shape index (κ3) is 6.30. The number of ether oxygens (including phenoxy) is 1. The monoisotopic (exact) mass is 321 g/mol. The molecule has 2 unspecified atom stereocenters. The van der Waals surface area contributed by atoms with Gasteiger partial charge in [-0.1, -0.05) is 46.2 Å². The van der Waals surface area contributed by atoms with Crippen LogP contribution in [-0.2, 0) is 9.59 Å². The Labute approximate surface area is 138 Å². The highest BCUT2D eigenvalue weighted by Gasteiger charge is 2.24. The molecule has 0 aliphatic rings. The molecule has 0 aliphatic heterocycles. The Balaban J connectivity index is 2.42. The first-order chi connectivity index (χ1) is 10.8. The predicted octanol–water partition coefficient (Wildman–Crippen LogP) is 3.19. The van der Waals surface area contributed by atoms with E-state index >= 15 is 0 Å². The molecule has 0 aromatic heterocycles. The number of aliphatic carboxylic acids is 1. The Bertz CT molecular complexity index is 510. The van der Waals surface area contributed by atoms with Crippen molar-refractivity contribution in [2.45, 2.75) is 52.5 Å². The number of hydrogen-bond donors (Lipinski definition) is 2. The zero-order chi connectivity index (χ0) is 17.4. The predicted molar refractivity (Wildman–Crippen MR) is 89.7 cm³/mol. The lowest BCUT2D eigenvalue weighted by Crippen LogP contribution is -2.45. The van der Waals surface area contributed by atoms with Crippen molar-refractivity contribution >= 4 is 11.9 Å². The fourth-order valence-corrected chi connectivity index (χ4v) is 2.14. The summed E-state index contributed by atoms with van der Waals surface area (Å²) in [5.41, 5.74) is 1.23. The van der Waals surface area contributed by atoms with Gasteiger partial charge < -0.3 is 15.2 Å². The van der Waals surface area contributed by atoms with E-state index in [1.54, 1.807) is 0 Å². The summed E-state index contributed by atoms with van der Waals surface area (Å²) in [4.78, 5) is 23.0. The maximum Gasteiger partial charge on any atom is 0.326 e. The molecule has 0 bridgehead atoms. The van der Waals surface area contributed by atoms with E-state index < -0.39 is 12.0 Å². The van der Waals surface area contributed by atoms with Crippen molar-refractivity contribution in [1.82, 2.24) is 5.32 Å². The number of nitrogens with one attached hydrogen (secondary N) is 1. The van der Waals surface area contributed by atoms with E-state index in [2.05, 4.69) is 19.2 Å². The van der Waals surface area contributed by atoms with Crippen LogP contribution in [0.3, 0.4) is 0 Å². The van der Waals surface area contributed by atoms with Gasteiger partial charge in [-0.05, 0) is 29.5 Å². The standard InChI is InChI=1S/C18H27NO4/c1-5-13(4)17(18(21)22)19-16(20)10-11-23-15-8-6-14(7-9-15)12(2)3/h6-9,12-13,17H,5,10-11H2,1-4H3,(H,19,20)(H,21,22). The van der Waals surface area contributed by atoms with Gasteiger partial charge >= 0.3 is 5.97 Å². The van der Waals surface area contributed by atoms with Gasteiger partial charge in [0, 0.05) is 0 Å². The summed E-state index contributed by atoms with van der Waals surface area (Å²) >= 11 is 0. The second-order valence-electron chi connectivity index (χ2n) is 6.09. The lowest BCUT2D eigenvalue weighted by Gasteiger charge is -2.20. The van der Waals surface area contributed by atoms with Crippen LogP contribution in [-0.4, -0.2) is 29.6 Å². The van der Waals surface area contributed by atoms with Crippen LogP contribution in [0, 0.1) is 5.92 Å². The molecule has 1 amide bonds. The van der Waals surface area contributed by atoms with Crippen LogP contribution in [0.5, 0.6) is 5.75 Å². The minimum atomic E-state index is -1.00. The van der Waals surface area contributed by atoms with E-state index in [1.807, 2.05) is 38.1 Å². The highest BCUT2D eigenvalue weighted by Crippen LogP contribution is 2.18. The summed E-state index contributed by atoms with van der Waals surface area (Å²) in [6, 6.07) is 6.92. The first-order valence-corrected chi connectivity index (χ1v) is 8.10. The van der Waals surface area contributed by atoms with Crippen molar-refractivity contribution in [1.29, 1.82) is 0 Å². The molecule has 2 N–H and O–H groups in total. The Morgan fingerprint density at radius 3 is 2.26 bits per heavy atom. The SMILES string of the molecule is CCC(C)C(NC(=O)CCOc1ccc(C(C)C)cc1)C(=O)O. The van der Waals surface area contributed by atoms with E-state index in [0.717, 1.165) is 0 Å². The number of carbonyl (C=O) groups excluding carboxylic acids is 1. The van der Waals surface area contributed by atoms with E-state index in [0.29, 0.717) is 18.1 Å². The minimum absolute atomic E-state index is 0.110. The summed E-state index contributed by atoms with van der Waals surface area (Å²) in [6.07, 6.45) is 0.822. The average Bonchev–Trinajstić information content (AvgIpc) is 2.52. The van der Waals surface area contributed by atoms with Gasteiger partial charge in [0.1, 0.15) is 11.8 Å². The zero-order valence-corrected chi connectivity index (χ0v) is 14.3. The van der Waals surface area contributed by atoms with Crippen LogP contribution < -0.4 is 10.1 Å². The molecule has 1 aromatic rings. The van der Waals surface area contributed by atoms with E-state index in [1.165, 1.54) is 5.56 Å². The number of carboxylic acid groups (broad SMARTS) is 1. The molecule has 0 fully saturated rings. The Morgan fingerprint density at radius 1 is 1.17 bits per heavy atom. The van der Waals surface area contributed by atoms with E-state index in [-0.39, 0.29) is 24.9 Å². The van der Waals surface area contributed by atoms with E-state index in [9.17, 15) is 9.59 Å². The Kier molecular flexibility index (Phi) is 7.59. The van der Waals surface area contributed by atoms with Crippen LogP contribution in [0.25, 0.3) is 0 Å². The number of carboxylic acids is 1. The maximum absolute atomic E-state index is 11.9. The summed E-state index contributed by atoms with van der Waals surface area (Å²) in [6.45, 7) is 8.18. The van der Waals surface area contributed by atoms with Crippen molar-refractivity contribution in [2.24, 2.45) is 5.92 Å². The van der Waals surface area contributed by atoms with Crippen molar-refractivity contribution in [2.75, 3.05) is 6.61 Å². The molecule has 0 aliphatic carbocycles. The first-order valence-electron chi connectivity index (χ1n) is 8.10. The molecule has 5 nitrogen and oxygen atoms in total. The number of rotatable bonds is 9. The van der Waals surface area contributed by atoms with Crippen LogP contribution in [0.1, 0.15) is 52.0 Å². The van der Waals surface area contributed by atoms with Gasteiger partial charge in [0.15, 0.2) is 0 Å². The average molecular weight is 321 g/mol. The molecular weight excluding hydrogens is 294 g/mol. The quantitative estimate of drug-likeness (QED) is 0.732. The number of benzene rings is 1. The van der Waals surface area contributed by atoms with Gasteiger partial charge in [-0.25, -0.2) is 4.79 Å². The smallest absolute Gasteiger partial charge is 0.326 e. The Hall–Kier alpha value is -2.04. The van der Waals surface area contributed by atoms with Crippen LogP contribution >= 0.6 is 0 Å². The van der Waals surface area contributed by atoms with Crippen molar-refractivity contribution in [3.63, 3.8) is 0 Å². The van der Waals surface area contributed by atoms with Gasteiger partial charge in [-0.15, -0.1) is 0 Å². The molecule has 0 heterocycles. The van der Waals surface area contributed by atoms with Crippen LogP contribution in [0.15, 0.2) is 24.3 Å². The zero-order valence-electron chi connectivity index (χ0n) is 14.3. The second kappa shape index (κ2) is 9.18. The number of carbonyl (C=O) groups is 2. The summed E-state index contributed by atoms with van der Waals surface area (Å²) in [7, 11) is 0. The molecule has 0 saturated carbocycles. The Morgan fingerprint density at radius 2 is 1.78 bits per heavy atom. The van der Waals surface area contributed by atoms with Gasteiger partial charge in [-0.3, -0.25) is 4.79 Å². The molecule has 0 radical (unpaired) electrons. The lowest BCUT2D eigenvalue weighted by atomic mass is 9.99. The third-order valence-corrected chi connectivity index (χ3v) is 3.94. The fourth-order valence-electron chi connectivity index (χ4n) is 2.14. The van der Waals surface area contributed by atoms with Gasteiger partial charge in [0.05, 0.1) is 13.0 Å². The third-order valence-electron chi connectivity index (χ3n) is 3.94. The number of hydrogen-bond acceptors (Lipinski definition) is 3. The minimum Gasteiger partial charge on any atom is -0.493 e. The van der Waals surface area contributed by atoms with Crippen LogP contribution in [0.4, 0.5) is 0 Å². The molecular formula is C18H27NO4. The molecule has 23 heavy (non-hydrogen) atoms. The van der Waals surface area contributed by atoms with Gasteiger partial charge in [0.2, 0.25) is 5.91 Å². The van der Waals surface area contributed by atoms with Crippen LogP contribution in [0.2, 0.25) is 0 Å². The fraction of sp³-hybridized carbons (Fsp3) is 0.556. The number of amides is 1. The lowest BCUT2D eigenvalue weighted by molar-refractivity contribution is -0.143. The maximum atomic E-state index is 11.9. The molecule has 1 aromatic carbocycles. The first kappa shape index (κ1) is 19.0. The highest BCUT2D eigenvalue weighted by atomic mass is 16.5. The molecule has 0 spiro atoms. The van der Waals surface area contributed by atoms with Crippen molar-refractivity contribution < 1.29 is 19.4 Å². The summed E-state index contributed by atoms with van der Waals surface area (Å²) < 4.78 is 5.53. The van der Waals surface area contributed by atoms with E-state index in [4.69, 9.17) is 9.84 Å². The molecule has 0 saturated heterocycles. The van der Waals surface area contributed by atoms with Crippen molar-refractivity contribution in [3.8, 4) is 5.75 Å². The normalized spacial score (nSPS) is 13.4. The molecule has 2 atom stereocenters. The van der Waals surface area contributed by atoms with Crippen molar-refractivity contribution in [3.05, 3.63) is 29.8 Å². The molecule has 1 rings (SSSR count). The molecule has 128 valence electrons.